The molecule has 0 bridgehead atoms. The molecular weight excluding hydrogens is 325 g/mol. The number of amides is 1. The van der Waals surface area contributed by atoms with Crippen LogP contribution in [0.2, 0.25) is 0 Å². The molecule has 0 aromatic heterocycles. The van der Waals surface area contributed by atoms with Crippen molar-refractivity contribution < 1.29 is 19.1 Å². The highest BCUT2D eigenvalue weighted by Gasteiger charge is 2.06. The molecule has 0 unspecified atom stereocenters. The first-order chi connectivity index (χ1) is 8.49. The Balaban J connectivity index is 2.36. The smallest absolute Gasteiger partial charge is 0.313 e. The van der Waals surface area contributed by atoms with E-state index in [1.54, 1.807) is 6.07 Å². The zero-order chi connectivity index (χ0) is 13.5. The Kier molecular flexibility index (Phi) is 6.14. The molecule has 2 N–H and O–H groups in total. The second-order valence-electron chi connectivity index (χ2n) is 3.40. The quantitative estimate of drug-likeness (QED) is 0.834. The zero-order valence-electron chi connectivity index (χ0n) is 9.28. The highest BCUT2D eigenvalue weighted by molar-refractivity contribution is 9.10. The molecule has 0 saturated carbocycles. The molecule has 1 aromatic carbocycles. The van der Waals surface area contributed by atoms with E-state index in [-0.39, 0.29) is 29.8 Å². The van der Waals surface area contributed by atoms with Crippen LogP contribution in [0.4, 0.5) is 4.39 Å². The Morgan fingerprint density at radius 3 is 2.72 bits per heavy atom. The van der Waals surface area contributed by atoms with Gasteiger partial charge in [-0.15, -0.1) is 11.8 Å². The van der Waals surface area contributed by atoms with Crippen LogP contribution in [0, 0.1) is 5.82 Å². The minimum absolute atomic E-state index is 0.0884. The molecule has 0 aliphatic carbocycles. The molecule has 0 heterocycles. The van der Waals surface area contributed by atoms with Crippen molar-refractivity contribution in [2.45, 2.75) is 6.54 Å². The summed E-state index contributed by atoms with van der Waals surface area (Å²) in [5.41, 5.74) is 0.757. The third-order valence-electron chi connectivity index (χ3n) is 1.95. The van der Waals surface area contributed by atoms with Gasteiger partial charge in [0.15, 0.2) is 0 Å². The Labute approximate surface area is 116 Å². The van der Waals surface area contributed by atoms with Gasteiger partial charge in [0.25, 0.3) is 0 Å². The standard InChI is InChI=1S/C11H11BrFNO3S/c12-9-3-8(13)2-1-7(9)4-14-10(15)5-18-6-11(16)17/h1-3H,4-6H2,(H,14,15)(H,16,17). The number of hydrogen-bond donors (Lipinski definition) is 2. The monoisotopic (exact) mass is 335 g/mol. The molecule has 7 heteroatoms. The Morgan fingerprint density at radius 1 is 1.39 bits per heavy atom. The van der Waals surface area contributed by atoms with Crippen LogP contribution in [0.3, 0.4) is 0 Å². The van der Waals surface area contributed by atoms with Crippen molar-refractivity contribution >= 4 is 39.6 Å². The normalized spacial score (nSPS) is 10.1. The molecule has 1 amide bonds. The summed E-state index contributed by atoms with van der Waals surface area (Å²) >= 11 is 4.22. The average molecular weight is 336 g/mol. The van der Waals surface area contributed by atoms with Gasteiger partial charge in [0.05, 0.1) is 11.5 Å². The Bertz CT molecular complexity index is 456. The third kappa shape index (κ3) is 5.50. The number of carbonyl (C=O) groups is 2. The first-order valence-corrected chi connectivity index (χ1v) is 6.94. The number of carbonyl (C=O) groups excluding carboxylic acids is 1. The fourth-order valence-corrected chi connectivity index (χ4v) is 2.20. The molecule has 0 atom stereocenters. The number of nitrogens with one attached hydrogen (secondary N) is 1. The minimum atomic E-state index is -0.950. The SMILES string of the molecule is O=C(O)CSCC(=O)NCc1ccc(F)cc1Br. The van der Waals surface area contributed by atoms with Crippen molar-refractivity contribution in [2.24, 2.45) is 0 Å². The molecule has 98 valence electrons. The van der Waals surface area contributed by atoms with E-state index in [4.69, 9.17) is 5.11 Å². The summed E-state index contributed by atoms with van der Waals surface area (Å²) in [7, 11) is 0. The number of carboxylic acid groups (broad SMARTS) is 1. The van der Waals surface area contributed by atoms with Crippen LogP contribution in [0.25, 0.3) is 0 Å². The average Bonchev–Trinajstić information content (AvgIpc) is 2.27. The van der Waals surface area contributed by atoms with E-state index in [2.05, 4.69) is 21.2 Å². The topological polar surface area (TPSA) is 66.4 Å². The molecular formula is C11H11BrFNO3S. The van der Waals surface area contributed by atoms with E-state index in [1.807, 2.05) is 0 Å². The Morgan fingerprint density at radius 2 is 2.11 bits per heavy atom. The van der Waals surface area contributed by atoms with Gasteiger partial charge >= 0.3 is 5.97 Å². The predicted molar refractivity (Wildman–Crippen MR) is 70.9 cm³/mol. The number of aliphatic carboxylic acids is 1. The molecule has 0 fully saturated rings. The summed E-state index contributed by atoms with van der Waals surface area (Å²) in [6.07, 6.45) is 0. The van der Waals surface area contributed by atoms with Gasteiger partial charge in [0.2, 0.25) is 5.91 Å². The summed E-state index contributed by atoms with van der Waals surface area (Å²) in [6, 6.07) is 4.20. The van der Waals surface area contributed by atoms with Gasteiger partial charge in [0, 0.05) is 11.0 Å². The van der Waals surface area contributed by atoms with Gasteiger partial charge in [-0.05, 0) is 17.7 Å². The lowest BCUT2D eigenvalue weighted by atomic mass is 10.2. The van der Waals surface area contributed by atoms with Gasteiger partial charge in [0.1, 0.15) is 5.82 Å². The number of hydrogen-bond acceptors (Lipinski definition) is 3. The van der Waals surface area contributed by atoms with E-state index in [0.29, 0.717) is 4.47 Å². The van der Waals surface area contributed by atoms with Gasteiger partial charge in [-0.2, -0.15) is 0 Å². The molecule has 0 aliphatic rings. The molecule has 0 saturated heterocycles. The molecule has 18 heavy (non-hydrogen) atoms. The second kappa shape index (κ2) is 7.38. The molecule has 1 aromatic rings. The first-order valence-electron chi connectivity index (χ1n) is 4.99. The molecule has 0 spiro atoms. The summed E-state index contributed by atoms with van der Waals surface area (Å²) in [4.78, 5) is 21.6. The van der Waals surface area contributed by atoms with Crippen molar-refractivity contribution in [1.29, 1.82) is 0 Å². The molecule has 1 rings (SSSR count). The van der Waals surface area contributed by atoms with E-state index in [9.17, 15) is 14.0 Å². The lowest BCUT2D eigenvalue weighted by Crippen LogP contribution is -2.25. The van der Waals surface area contributed by atoms with Crippen molar-refractivity contribution in [3.05, 3.63) is 34.1 Å². The lowest BCUT2D eigenvalue weighted by Gasteiger charge is -2.06. The molecule has 0 radical (unpaired) electrons. The van der Waals surface area contributed by atoms with Gasteiger partial charge in [-0.3, -0.25) is 9.59 Å². The van der Waals surface area contributed by atoms with E-state index >= 15 is 0 Å². The summed E-state index contributed by atoms with van der Waals surface area (Å²) < 4.78 is 13.4. The van der Waals surface area contributed by atoms with Crippen LogP contribution >= 0.6 is 27.7 Å². The predicted octanol–water partition coefficient (Wildman–Crippen LogP) is 2.02. The number of thioether (sulfide) groups is 1. The maximum absolute atomic E-state index is 12.8. The number of rotatable bonds is 6. The molecule has 4 nitrogen and oxygen atoms in total. The van der Waals surface area contributed by atoms with Crippen molar-refractivity contribution in [2.75, 3.05) is 11.5 Å². The van der Waals surface area contributed by atoms with Crippen molar-refractivity contribution in [1.82, 2.24) is 5.32 Å². The fraction of sp³-hybridized carbons (Fsp3) is 0.273. The molecule has 0 aliphatic heterocycles. The van der Waals surface area contributed by atoms with E-state index in [0.717, 1.165) is 17.3 Å². The largest absolute Gasteiger partial charge is 0.481 e. The van der Waals surface area contributed by atoms with Crippen LogP contribution in [-0.4, -0.2) is 28.5 Å². The van der Waals surface area contributed by atoms with Crippen LogP contribution in [0.15, 0.2) is 22.7 Å². The van der Waals surface area contributed by atoms with Crippen molar-refractivity contribution in [3.8, 4) is 0 Å². The third-order valence-corrected chi connectivity index (χ3v) is 3.61. The minimum Gasteiger partial charge on any atom is -0.481 e. The first kappa shape index (κ1) is 15.0. The van der Waals surface area contributed by atoms with Gasteiger partial charge in [-0.1, -0.05) is 22.0 Å². The Hall–Kier alpha value is -1.08. The van der Waals surface area contributed by atoms with E-state index in [1.165, 1.54) is 12.1 Å². The lowest BCUT2D eigenvalue weighted by molar-refractivity contribution is -0.133. The number of benzene rings is 1. The van der Waals surface area contributed by atoms with Crippen molar-refractivity contribution in [3.63, 3.8) is 0 Å². The zero-order valence-corrected chi connectivity index (χ0v) is 11.7. The highest BCUT2D eigenvalue weighted by Crippen LogP contribution is 2.17. The maximum atomic E-state index is 12.8. The van der Waals surface area contributed by atoms with Gasteiger partial charge < -0.3 is 10.4 Å². The van der Waals surface area contributed by atoms with Crippen LogP contribution in [-0.2, 0) is 16.1 Å². The summed E-state index contributed by atoms with van der Waals surface area (Å²) in [5, 5.41) is 11.0. The van der Waals surface area contributed by atoms with E-state index < -0.39 is 5.97 Å². The van der Waals surface area contributed by atoms with Gasteiger partial charge in [-0.25, -0.2) is 4.39 Å². The maximum Gasteiger partial charge on any atom is 0.313 e. The van der Waals surface area contributed by atoms with Crippen LogP contribution in [0.5, 0.6) is 0 Å². The second-order valence-corrected chi connectivity index (χ2v) is 5.24. The van der Waals surface area contributed by atoms with Crippen LogP contribution in [0.1, 0.15) is 5.56 Å². The summed E-state index contributed by atoms with van der Waals surface area (Å²) in [6.45, 7) is 0.271. The summed E-state index contributed by atoms with van der Waals surface area (Å²) in [5.74, 6) is -1.57. The number of halogens is 2. The fourth-order valence-electron chi connectivity index (χ4n) is 1.14. The number of carboxylic acids is 1. The van der Waals surface area contributed by atoms with Crippen LogP contribution < -0.4 is 5.32 Å². The highest BCUT2D eigenvalue weighted by atomic mass is 79.9.